The lowest BCUT2D eigenvalue weighted by Crippen LogP contribution is -2.44. The molecule has 1 aliphatic rings. The van der Waals surface area contributed by atoms with Gasteiger partial charge >= 0.3 is 0 Å². The third kappa shape index (κ3) is 8.15. The number of nitrogens with zero attached hydrogens (tertiary/aromatic N) is 2. The van der Waals surface area contributed by atoms with E-state index in [4.69, 9.17) is 4.74 Å². The van der Waals surface area contributed by atoms with Gasteiger partial charge in [-0.25, -0.2) is 0 Å². The number of rotatable bonds is 10. The van der Waals surface area contributed by atoms with Gasteiger partial charge in [-0.15, -0.1) is 0 Å². The van der Waals surface area contributed by atoms with Crippen LogP contribution in [0.15, 0.2) is 24.3 Å². The van der Waals surface area contributed by atoms with E-state index in [0.29, 0.717) is 25.8 Å². The van der Waals surface area contributed by atoms with E-state index in [-0.39, 0.29) is 24.0 Å². The summed E-state index contributed by atoms with van der Waals surface area (Å²) in [6.07, 6.45) is 1.96. The Morgan fingerprint density at radius 3 is 2.21 bits per heavy atom. The highest BCUT2D eigenvalue weighted by atomic mass is 16.5. The minimum absolute atomic E-state index is 0.00212. The largest absolute Gasteiger partial charge is 0.373 e. The molecule has 1 heterocycles. The molecule has 0 saturated carbocycles. The Bertz CT molecular complexity index is 633. The highest BCUT2D eigenvalue weighted by Gasteiger charge is 2.21. The van der Waals surface area contributed by atoms with Gasteiger partial charge in [-0.3, -0.25) is 14.5 Å². The van der Waals surface area contributed by atoms with Crippen LogP contribution in [0.3, 0.4) is 0 Å². The lowest BCUT2D eigenvalue weighted by atomic mass is 10.1. The number of hydrogen-bond donors (Lipinski definition) is 1. The number of nitrogens with one attached hydrogen (secondary N) is 1. The summed E-state index contributed by atoms with van der Waals surface area (Å²) in [4.78, 5) is 28.2. The van der Waals surface area contributed by atoms with E-state index in [9.17, 15) is 9.59 Å². The molecular weight excluding hydrogens is 366 g/mol. The molecule has 0 spiro atoms. The quantitative estimate of drug-likeness (QED) is 0.652. The summed E-state index contributed by atoms with van der Waals surface area (Å²) in [5, 5.41) is 2.95. The number of amides is 2. The molecule has 2 amide bonds. The van der Waals surface area contributed by atoms with Crippen molar-refractivity contribution in [1.29, 1.82) is 0 Å². The fourth-order valence-electron chi connectivity index (χ4n) is 3.86. The first kappa shape index (κ1) is 23.4. The van der Waals surface area contributed by atoms with Crippen molar-refractivity contribution in [3.05, 3.63) is 35.4 Å². The fraction of sp³-hybridized carbons (Fsp3) is 0.652. The molecule has 2 atom stereocenters. The molecule has 1 aliphatic heterocycles. The van der Waals surface area contributed by atoms with Crippen molar-refractivity contribution < 1.29 is 14.3 Å². The van der Waals surface area contributed by atoms with Crippen LogP contribution in [-0.4, -0.2) is 60.0 Å². The van der Waals surface area contributed by atoms with E-state index in [1.807, 2.05) is 13.8 Å². The van der Waals surface area contributed by atoms with Crippen molar-refractivity contribution in [2.45, 2.75) is 72.3 Å². The number of carbonyl (C=O) groups excluding carboxylic acids is 2. The highest BCUT2D eigenvalue weighted by Crippen LogP contribution is 2.15. The van der Waals surface area contributed by atoms with E-state index in [2.05, 4.69) is 48.3 Å². The molecule has 0 aromatic heterocycles. The van der Waals surface area contributed by atoms with Gasteiger partial charge in [-0.05, 0) is 45.2 Å². The van der Waals surface area contributed by atoms with Gasteiger partial charge in [0, 0.05) is 52.1 Å². The molecule has 0 bridgehead atoms. The van der Waals surface area contributed by atoms with E-state index in [1.165, 1.54) is 5.56 Å². The monoisotopic (exact) mass is 403 g/mol. The highest BCUT2D eigenvalue weighted by molar-refractivity contribution is 5.78. The Labute approximate surface area is 175 Å². The zero-order valence-electron chi connectivity index (χ0n) is 18.4. The topological polar surface area (TPSA) is 61.9 Å². The molecule has 2 rings (SSSR count). The van der Waals surface area contributed by atoms with Gasteiger partial charge in [0.2, 0.25) is 11.8 Å². The molecule has 6 heteroatoms. The van der Waals surface area contributed by atoms with E-state index < -0.39 is 0 Å². The van der Waals surface area contributed by atoms with Crippen LogP contribution in [0.25, 0.3) is 0 Å². The lowest BCUT2D eigenvalue weighted by molar-refractivity contribution is -0.131. The van der Waals surface area contributed by atoms with Gasteiger partial charge in [0.15, 0.2) is 0 Å². The summed E-state index contributed by atoms with van der Waals surface area (Å²) in [7, 11) is 0. The summed E-state index contributed by atoms with van der Waals surface area (Å²) in [5.41, 5.74) is 2.36. The van der Waals surface area contributed by atoms with Gasteiger partial charge in [-0.1, -0.05) is 24.3 Å². The van der Waals surface area contributed by atoms with Crippen molar-refractivity contribution >= 4 is 11.8 Å². The Morgan fingerprint density at radius 1 is 1.03 bits per heavy atom. The van der Waals surface area contributed by atoms with Crippen LogP contribution < -0.4 is 5.32 Å². The molecule has 1 saturated heterocycles. The smallest absolute Gasteiger partial charge is 0.222 e. The van der Waals surface area contributed by atoms with Crippen LogP contribution in [0.1, 0.15) is 58.1 Å². The minimum Gasteiger partial charge on any atom is -0.373 e. The lowest BCUT2D eigenvalue weighted by Gasteiger charge is -2.35. The molecule has 1 fully saturated rings. The van der Waals surface area contributed by atoms with Crippen molar-refractivity contribution in [2.24, 2.45) is 0 Å². The zero-order chi connectivity index (χ0) is 21.2. The molecule has 1 N–H and O–H groups in total. The second-order valence-electron chi connectivity index (χ2n) is 7.96. The van der Waals surface area contributed by atoms with Crippen LogP contribution in [0.4, 0.5) is 0 Å². The Hall–Kier alpha value is -1.92. The third-order valence-corrected chi connectivity index (χ3v) is 5.32. The van der Waals surface area contributed by atoms with E-state index in [1.54, 1.807) is 4.90 Å². The number of carbonyl (C=O) groups is 2. The maximum atomic E-state index is 12.0. The molecule has 29 heavy (non-hydrogen) atoms. The fourth-order valence-corrected chi connectivity index (χ4v) is 3.86. The second-order valence-corrected chi connectivity index (χ2v) is 7.96. The third-order valence-electron chi connectivity index (χ3n) is 5.32. The van der Waals surface area contributed by atoms with Crippen molar-refractivity contribution in [2.75, 3.05) is 26.2 Å². The van der Waals surface area contributed by atoms with Crippen molar-refractivity contribution in [3.63, 3.8) is 0 Å². The first-order valence-corrected chi connectivity index (χ1v) is 10.9. The van der Waals surface area contributed by atoms with Gasteiger partial charge in [0.25, 0.3) is 0 Å². The maximum absolute atomic E-state index is 12.0. The molecule has 1 aromatic rings. The summed E-state index contributed by atoms with van der Waals surface area (Å²) in [6, 6.07) is 8.42. The first-order chi connectivity index (χ1) is 13.9. The van der Waals surface area contributed by atoms with Crippen molar-refractivity contribution in [3.8, 4) is 0 Å². The predicted octanol–water partition coefficient (Wildman–Crippen LogP) is 2.95. The zero-order valence-corrected chi connectivity index (χ0v) is 18.4. The average Bonchev–Trinajstić information content (AvgIpc) is 2.67. The van der Waals surface area contributed by atoms with Crippen molar-refractivity contribution in [1.82, 2.24) is 15.1 Å². The predicted molar refractivity (Wildman–Crippen MR) is 115 cm³/mol. The van der Waals surface area contributed by atoms with Crippen LogP contribution in [0.5, 0.6) is 0 Å². The van der Waals surface area contributed by atoms with Gasteiger partial charge in [0.05, 0.1) is 12.2 Å². The van der Waals surface area contributed by atoms with E-state index in [0.717, 1.165) is 38.3 Å². The standard InChI is InChI=1S/C23H37N3O3/c1-5-26(6-2)23(28)9-7-8-22(27)24-14-20-10-12-21(13-11-20)17-25-15-18(3)29-19(4)16-25/h10-13,18-19H,5-9,14-17H2,1-4H3,(H,24,27)/t18-,19-/m1/s1. The van der Waals surface area contributed by atoms with E-state index >= 15 is 0 Å². The van der Waals surface area contributed by atoms with Gasteiger partial charge < -0.3 is 15.0 Å². The SMILES string of the molecule is CCN(CC)C(=O)CCCC(=O)NCc1ccc(CN2C[C@@H](C)O[C@H](C)C2)cc1. The first-order valence-electron chi connectivity index (χ1n) is 10.9. The Kier molecular flexibility index (Phi) is 9.61. The maximum Gasteiger partial charge on any atom is 0.222 e. The van der Waals surface area contributed by atoms with Crippen LogP contribution in [0, 0.1) is 0 Å². The summed E-state index contributed by atoms with van der Waals surface area (Å²) in [5.74, 6) is 0.125. The number of morpholine rings is 1. The normalized spacial score (nSPS) is 19.7. The minimum atomic E-state index is -0.00212. The molecular formula is C23H37N3O3. The van der Waals surface area contributed by atoms with Crippen LogP contribution in [-0.2, 0) is 27.4 Å². The molecule has 0 radical (unpaired) electrons. The summed E-state index contributed by atoms with van der Waals surface area (Å²) >= 11 is 0. The Balaban J connectivity index is 1.69. The van der Waals surface area contributed by atoms with Crippen LogP contribution >= 0.6 is 0 Å². The van der Waals surface area contributed by atoms with Crippen LogP contribution in [0.2, 0.25) is 0 Å². The molecule has 1 aromatic carbocycles. The van der Waals surface area contributed by atoms with Gasteiger partial charge in [0.1, 0.15) is 0 Å². The molecule has 6 nitrogen and oxygen atoms in total. The number of ether oxygens (including phenoxy) is 1. The molecule has 162 valence electrons. The average molecular weight is 404 g/mol. The molecule has 0 aliphatic carbocycles. The number of benzene rings is 1. The second kappa shape index (κ2) is 11.9. The van der Waals surface area contributed by atoms with Gasteiger partial charge in [-0.2, -0.15) is 0 Å². The Morgan fingerprint density at radius 2 is 1.62 bits per heavy atom. The molecule has 0 unspecified atom stereocenters. The summed E-state index contributed by atoms with van der Waals surface area (Å²) < 4.78 is 5.79. The summed E-state index contributed by atoms with van der Waals surface area (Å²) in [6.45, 7) is 13.0. The number of hydrogen-bond acceptors (Lipinski definition) is 4.